The number of carbonyl (C=O) groups excluding carboxylic acids is 1. The number of ether oxygens (including phenoxy) is 1. The minimum atomic E-state index is -1.14. The molecule has 1 aliphatic heterocycles. The monoisotopic (exact) mass is 242 g/mol. The molecule has 1 aromatic rings. The SMILES string of the molecule is NC1(C(=O)Nc2ccc(F)cc2F)CCOC1. The van der Waals surface area contributed by atoms with E-state index in [2.05, 4.69) is 5.32 Å². The molecule has 92 valence electrons. The summed E-state index contributed by atoms with van der Waals surface area (Å²) in [6.07, 6.45) is 0.377. The molecule has 4 nitrogen and oxygen atoms in total. The molecule has 6 heteroatoms. The van der Waals surface area contributed by atoms with E-state index in [-0.39, 0.29) is 12.3 Å². The van der Waals surface area contributed by atoms with Crippen LogP contribution in [-0.4, -0.2) is 24.7 Å². The van der Waals surface area contributed by atoms with Gasteiger partial charge in [-0.05, 0) is 18.6 Å². The third-order valence-corrected chi connectivity index (χ3v) is 2.68. The number of hydrogen-bond donors (Lipinski definition) is 2. The number of halogens is 2. The van der Waals surface area contributed by atoms with Crippen molar-refractivity contribution < 1.29 is 18.3 Å². The van der Waals surface area contributed by atoms with E-state index in [9.17, 15) is 13.6 Å². The van der Waals surface area contributed by atoms with Gasteiger partial charge < -0.3 is 15.8 Å². The van der Waals surface area contributed by atoms with Crippen molar-refractivity contribution in [1.82, 2.24) is 0 Å². The topological polar surface area (TPSA) is 64.4 Å². The highest BCUT2D eigenvalue weighted by molar-refractivity contribution is 5.98. The van der Waals surface area contributed by atoms with E-state index in [1.807, 2.05) is 0 Å². The smallest absolute Gasteiger partial charge is 0.247 e. The van der Waals surface area contributed by atoms with Gasteiger partial charge in [-0.1, -0.05) is 0 Å². The van der Waals surface area contributed by atoms with Gasteiger partial charge in [0.25, 0.3) is 0 Å². The zero-order valence-electron chi connectivity index (χ0n) is 9.00. The standard InChI is InChI=1S/C11H12F2N2O2/c12-7-1-2-9(8(13)5-7)15-10(16)11(14)3-4-17-6-11/h1-2,5H,3-4,6,14H2,(H,15,16). The van der Waals surface area contributed by atoms with Crippen molar-refractivity contribution in [2.45, 2.75) is 12.0 Å². The molecule has 1 atom stereocenters. The maximum atomic E-state index is 13.3. The number of nitrogens with two attached hydrogens (primary N) is 1. The molecule has 0 spiro atoms. The second-order valence-electron chi connectivity index (χ2n) is 4.04. The second kappa shape index (κ2) is 4.38. The number of anilines is 1. The summed E-state index contributed by atoms with van der Waals surface area (Å²) >= 11 is 0. The van der Waals surface area contributed by atoms with Gasteiger partial charge in [-0.2, -0.15) is 0 Å². The zero-order valence-corrected chi connectivity index (χ0v) is 9.00. The number of benzene rings is 1. The summed E-state index contributed by atoms with van der Waals surface area (Å²) in [6, 6.07) is 2.92. The maximum Gasteiger partial charge on any atom is 0.247 e. The summed E-state index contributed by atoms with van der Waals surface area (Å²) in [6.45, 7) is 0.497. The van der Waals surface area contributed by atoms with Crippen LogP contribution in [0.15, 0.2) is 18.2 Å². The van der Waals surface area contributed by atoms with Gasteiger partial charge in [0, 0.05) is 12.7 Å². The van der Waals surface area contributed by atoms with Crippen LogP contribution in [0, 0.1) is 11.6 Å². The molecule has 1 heterocycles. The molecule has 2 rings (SSSR count). The van der Waals surface area contributed by atoms with Crippen molar-refractivity contribution in [3.63, 3.8) is 0 Å². The predicted molar refractivity (Wildman–Crippen MR) is 57.3 cm³/mol. The van der Waals surface area contributed by atoms with Gasteiger partial charge in [0.1, 0.15) is 17.2 Å². The van der Waals surface area contributed by atoms with Crippen LogP contribution in [0.2, 0.25) is 0 Å². The Hall–Kier alpha value is -1.53. The number of hydrogen-bond acceptors (Lipinski definition) is 3. The largest absolute Gasteiger partial charge is 0.379 e. The lowest BCUT2D eigenvalue weighted by molar-refractivity contribution is -0.121. The summed E-state index contributed by atoms with van der Waals surface area (Å²) in [4.78, 5) is 11.8. The molecule has 1 saturated heterocycles. The lowest BCUT2D eigenvalue weighted by Crippen LogP contribution is -2.51. The van der Waals surface area contributed by atoms with Crippen LogP contribution in [0.1, 0.15) is 6.42 Å². The molecule has 1 aliphatic rings. The number of rotatable bonds is 2. The van der Waals surface area contributed by atoms with E-state index < -0.39 is 23.1 Å². The van der Waals surface area contributed by atoms with Gasteiger partial charge in [-0.25, -0.2) is 8.78 Å². The fourth-order valence-corrected chi connectivity index (χ4v) is 1.60. The van der Waals surface area contributed by atoms with Crippen molar-refractivity contribution in [3.05, 3.63) is 29.8 Å². The van der Waals surface area contributed by atoms with Gasteiger partial charge in [0.05, 0.1) is 12.3 Å². The van der Waals surface area contributed by atoms with Gasteiger partial charge >= 0.3 is 0 Å². The summed E-state index contributed by atoms with van der Waals surface area (Å²) in [7, 11) is 0. The second-order valence-corrected chi connectivity index (χ2v) is 4.04. The molecule has 1 fully saturated rings. The first kappa shape index (κ1) is 11.9. The quantitative estimate of drug-likeness (QED) is 0.813. The summed E-state index contributed by atoms with van der Waals surface area (Å²) in [5.41, 5.74) is 4.57. The molecule has 0 aromatic heterocycles. The fraction of sp³-hybridized carbons (Fsp3) is 0.364. The third kappa shape index (κ3) is 2.42. The Morgan fingerprint density at radius 3 is 2.82 bits per heavy atom. The van der Waals surface area contributed by atoms with E-state index >= 15 is 0 Å². The highest BCUT2D eigenvalue weighted by atomic mass is 19.1. The van der Waals surface area contributed by atoms with Crippen LogP contribution in [-0.2, 0) is 9.53 Å². The minimum Gasteiger partial charge on any atom is -0.379 e. The highest BCUT2D eigenvalue weighted by Crippen LogP contribution is 2.20. The Morgan fingerprint density at radius 2 is 2.24 bits per heavy atom. The normalized spacial score (nSPS) is 23.7. The van der Waals surface area contributed by atoms with Crippen LogP contribution in [0.5, 0.6) is 0 Å². The zero-order chi connectivity index (χ0) is 12.5. The first-order chi connectivity index (χ1) is 8.01. The Labute approximate surface area is 96.7 Å². The molecule has 17 heavy (non-hydrogen) atoms. The Bertz CT molecular complexity index is 445. The maximum absolute atomic E-state index is 13.3. The van der Waals surface area contributed by atoms with Crippen molar-refractivity contribution in [2.24, 2.45) is 5.73 Å². The van der Waals surface area contributed by atoms with Crippen LogP contribution < -0.4 is 11.1 Å². The predicted octanol–water partition coefficient (Wildman–Crippen LogP) is 1.02. The van der Waals surface area contributed by atoms with Crippen LogP contribution in [0.3, 0.4) is 0 Å². The van der Waals surface area contributed by atoms with Gasteiger partial charge in [0.15, 0.2) is 0 Å². The molecule has 1 amide bonds. The van der Waals surface area contributed by atoms with Crippen molar-refractivity contribution in [1.29, 1.82) is 0 Å². The molecular formula is C11H12F2N2O2. The van der Waals surface area contributed by atoms with E-state index in [0.717, 1.165) is 12.1 Å². The molecule has 0 bridgehead atoms. The van der Waals surface area contributed by atoms with E-state index in [1.54, 1.807) is 0 Å². The summed E-state index contributed by atoms with van der Waals surface area (Å²) < 4.78 is 31.0. The lowest BCUT2D eigenvalue weighted by Gasteiger charge is -2.20. The average Bonchev–Trinajstić information content (AvgIpc) is 2.71. The van der Waals surface area contributed by atoms with E-state index in [0.29, 0.717) is 19.1 Å². The average molecular weight is 242 g/mol. The van der Waals surface area contributed by atoms with Gasteiger partial charge in [-0.3, -0.25) is 4.79 Å². The van der Waals surface area contributed by atoms with Crippen molar-refractivity contribution in [2.75, 3.05) is 18.5 Å². The number of carbonyl (C=O) groups is 1. The Balaban J connectivity index is 2.13. The van der Waals surface area contributed by atoms with Crippen LogP contribution in [0.25, 0.3) is 0 Å². The first-order valence-electron chi connectivity index (χ1n) is 5.14. The third-order valence-electron chi connectivity index (χ3n) is 2.68. The lowest BCUT2D eigenvalue weighted by atomic mass is 9.99. The molecule has 1 unspecified atom stereocenters. The molecular weight excluding hydrogens is 230 g/mol. The van der Waals surface area contributed by atoms with E-state index in [4.69, 9.17) is 10.5 Å². The highest BCUT2D eigenvalue weighted by Gasteiger charge is 2.38. The molecule has 0 saturated carbocycles. The minimum absolute atomic E-state index is 0.0897. The summed E-state index contributed by atoms with van der Waals surface area (Å²) in [5, 5.41) is 2.33. The molecule has 1 aromatic carbocycles. The molecule has 0 radical (unpaired) electrons. The van der Waals surface area contributed by atoms with Gasteiger partial charge in [-0.15, -0.1) is 0 Å². The summed E-state index contributed by atoms with van der Waals surface area (Å²) in [5.74, 6) is -2.06. The van der Waals surface area contributed by atoms with Crippen molar-refractivity contribution >= 4 is 11.6 Å². The Kier molecular flexibility index (Phi) is 3.08. The number of amides is 1. The first-order valence-corrected chi connectivity index (χ1v) is 5.14. The Morgan fingerprint density at radius 1 is 1.47 bits per heavy atom. The van der Waals surface area contributed by atoms with E-state index in [1.165, 1.54) is 0 Å². The van der Waals surface area contributed by atoms with Crippen molar-refractivity contribution in [3.8, 4) is 0 Å². The number of nitrogens with one attached hydrogen (secondary N) is 1. The molecule has 0 aliphatic carbocycles. The van der Waals surface area contributed by atoms with Crippen LogP contribution in [0.4, 0.5) is 14.5 Å². The fourth-order valence-electron chi connectivity index (χ4n) is 1.60. The van der Waals surface area contributed by atoms with Gasteiger partial charge in [0.2, 0.25) is 5.91 Å². The van der Waals surface area contributed by atoms with Crippen LogP contribution >= 0.6 is 0 Å². The molecule has 3 N–H and O–H groups in total.